The van der Waals surface area contributed by atoms with Crippen LogP contribution in [0.15, 0.2) is 18.3 Å². The smallest absolute Gasteiger partial charge is 0.159 e. The van der Waals surface area contributed by atoms with Gasteiger partial charge in [-0.2, -0.15) is 5.10 Å². The number of anilines is 1. The summed E-state index contributed by atoms with van der Waals surface area (Å²) in [4.78, 5) is 8.77. The Morgan fingerprint density at radius 2 is 2.19 bits per heavy atom. The van der Waals surface area contributed by atoms with Crippen LogP contribution in [0, 0.1) is 6.92 Å². The van der Waals surface area contributed by atoms with Crippen molar-refractivity contribution in [3.63, 3.8) is 0 Å². The number of aryl methyl sites for hydroxylation is 2. The molecule has 0 aliphatic rings. The predicted octanol–water partition coefficient (Wildman–Crippen LogP) is 1.57. The Morgan fingerprint density at radius 1 is 1.38 bits per heavy atom. The van der Waals surface area contributed by atoms with Crippen LogP contribution in [0.3, 0.4) is 0 Å². The minimum atomic E-state index is 0.796. The Morgan fingerprint density at radius 3 is 2.75 bits per heavy atom. The summed E-state index contributed by atoms with van der Waals surface area (Å²) in [7, 11) is 1.85. The van der Waals surface area contributed by atoms with Gasteiger partial charge in [-0.1, -0.05) is 6.92 Å². The molecule has 0 radical (unpaired) electrons. The Kier molecular flexibility index (Phi) is 2.85. The molecule has 2 aromatic heterocycles. The lowest BCUT2D eigenvalue weighted by Gasteiger charge is -2.06. The summed E-state index contributed by atoms with van der Waals surface area (Å²) >= 11 is 0. The first-order valence-corrected chi connectivity index (χ1v) is 5.31. The van der Waals surface area contributed by atoms with Gasteiger partial charge in [0.1, 0.15) is 11.6 Å². The summed E-state index contributed by atoms with van der Waals surface area (Å²) in [5, 5.41) is 7.36. The zero-order valence-electron chi connectivity index (χ0n) is 9.73. The minimum absolute atomic E-state index is 0.796. The minimum Gasteiger partial charge on any atom is -0.373 e. The second kappa shape index (κ2) is 4.30. The van der Waals surface area contributed by atoms with Gasteiger partial charge in [-0.15, -0.1) is 0 Å². The van der Waals surface area contributed by atoms with E-state index in [1.54, 1.807) is 4.68 Å². The average Bonchev–Trinajstić information content (AvgIpc) is 2.75. The van der Waals surface area contributed by atoms with Crippen molar-refractivity contribution in [3.8, 4) is 5.82 Å². The van der Waals surface area contributed by atoms with Crippen molar-refractivity contribution in [1.29, 1.82) is 0 Å². The summed E-state index contributed by atoms with van der Waals surface area (Å²) in [6.07, 6.45) is 2.71. The van der Waals surface area contributed by atoms with E-state index >= 15 is 0 Å². The van der Waals surface area contributed by atoms with Gasteiger partial charge >= 0.3 is 0 Å². The number of nitrogens with zero attached hydrogens (tertiary/aromatic N) is 4. The molecule has 0 saturated heterocycles. The molecule has 84 valence electrons. The Hall–Kier alpha value is -1.91. The summed E-state index contributed by atoms with van der Waals surface area (Å²) in [5.74, 6) is 2.43. The van der Waals surface area contributed by atoms with Crippen molar-refractivity contribution in [2.75, 3.05) is 12.4 Å². The third kappa shape index (κ3) is 2.03. The molecule has 2 heterocycles. The second-order valence-corrected chi connectivity index (χ2v) is 3.53. The summed E-state index contributed by atoms with van der Waals surface area (Å²) in [6.45, 7) is 3.99. The molecule has 5 nitrogen and oxygen atoms in total. The van der Waals surface area contributed by atoms with Crippen LogP contribution in [0.25, 0.3) is 5.82 Å². The van der Waals surface area contributed by atoms with Crippen LogP contribution >= 0.6 is 0 Å². The van der Waals surface area contributed by atoms with Crippen LogP contribution in [-0.4, -0.2) is 26.8 Å². The van der Waals surface area contributed by atoms with Gasteiger partial charge in [-0.25, -0.2) is 14.6 Å². The molecule has 0 bridgehead atoms. The van der Waals surface area contributed by atoms with Crippen molar-refractivity contribution in [3.05, 3.63) is 29.8 Å². The van der Waals surface area contributed by atoms with E-state index in [4.69, 9.17) is 0 Å². The fourth-order valence-corrected chi connectivity index (χ4v) is 1.43. The molecule has 2 aromatic rings. The van der Waals surface area contributed by atoms with Gasteiger partial charge in [0.15, 0.2) is 5.82 Å². The van der Waals surface area contributed by atoms with Gasteiger partial charge in [-0.3, -0.25) is 0 Å². The van der Waals surface area contributed by atoms with E-state index in [0.29, 0.717) is 0 Å². The molecular weight excluding hydrogens is 202 g/mol. The molecule has 0 aliphatic heterocycles. The predicted molar refractivity (Wildman–Crippen MR) is 62.8 cm³/mol. The molecular formula is C11H15N5. The molecule has 0 saturated carbocycles. The van der Waals surface area contributed by atoms with Gasteiger partial charge < -0.3 is 5.32 Å². The number of nitrogens with one attached hydrogen (secondary N) is 1. The standard InChI is InChI=1S/C11H15N5/c1-4-9-13-10(12-3)7-11(14-9)16-6-5-8(2)15-16/h5-7H,4H2,1-3H3,(H,12,13,14). The average molecular weight is 217 g/mol. The maximum atomic E-state index is 4.43. The number of hydrogen-bond acceptors (Lipinski definition) is 4. The largest absolute Gasteiger partial charge is 0.373 e. The van der Waals surface area contributed by atoms with E-state index in [1.165, 1.54) is 0 Å². The van der Waals surface area contributed by atoms with E-state index in [2.05, 4.69) is 20.4 Å². The highest BCUT2D eigenvalue weighted by atomic mass is 15.3. The first-order valence-electron chi connectivity index (χ1n) is 5.31. The molecule has 1 N–H and O–H groups in total. The van der Waals surface area contributed by atoms with Crippen molar-refractivity contribution in [2.24, 2.45) is 0 Å². The molecule has 16 heavy (non-hydrogen) atoms. The molecule has 0 fully saturated rings. The third-order valence-electron chi connectivity index (χ3n) is 2.29. The van der Waals surface area contributed by atoms with Crippen molar-refractivity contribution >= 4 is 5.82 Å². The van der Waals surface area contributed by atoms with Crippen LogP contribution in [0.2, 0.25) is 0 Å². The normalized spacial score (nSPS) is 10.4. The number of rotatable bonds is 3. The zero-order valence-corrected chi connectivity index (χ0v) is 9.73. The number of hydrogen-bond donors (Lipinski definition) is 1. The van der Waals surface area contributed by atoms with Gasteiger partial charge in [-0.05, 0) is 13.0 Å². The van der Waals surface area contributed by atoms with Gasteiger partial charge in [0.05, 0.1) is 5.69 Å². The Balaban J connectivity index is 2.47. The van der Waals surface area contributed by atoms with Crippen LogP contribution in [-0.2, 0) is 6.42 Å². The summed E-state index contributed by atoms with van der Waals surface area (Å²) in [6, 6.07) is 3.83. The van der Waals surface area contributed by atoms with Crippen molar-refractivity contribution < 1.29 is 0 Å². The second-order valence-electron chi connectivity index (χ2n) is 3.53. The zero-order chi connectivity index (χ0) is 11.5. The maximum absolute atomic E-state index is 4.43. The summed E-state index contributed by atoms with van der Waals surface area (Å²) < 4.78 is 1.76. The van der Waals surface area contributed by atoms with E-state index in [-0.39, 0.29) is 0 Å². The van der Waals surface area contributed by atoms with Crippen molar-refractivity contribution in [2.45, 2.75) is 20.3 Å². The highest BCUT2D eigenvalue weighted by molar-refractivity contribution is 5.40. The monoisotopic (exact) mass is 217 g/mol. The van der Waals surface area contributed by atoms with E-state index in [9.17, 15) is 0 Å². The fourth-order valence-electron chi connectivity index (χ4n) is 1.43. The fraction of sp³-hybridized carbons (Fsp3) is 0.364. The number of aromatic nitrogens is 4. The highest BCUT2D eigenvalue weighted by Gasteiger charge is 2.05. The first kappa shape index (κ1) is 10.6. The van der Waals surface area contributed by atoms with E-state index < -0.39 is 0 Å². The Labute approximate surface area is 94.5 Å². The molecule has 0 spiro atoms. The SMILES string of the molecule is CCc1nc(NC)cc(-n2ccc(C)n2)n1. The molecule has 0 aromatic carbocycles. The Bertz CT molecular complexity index is 467. The van der Waals surface area contributed by atoms with E-state index in [1.807, 2.05) is 39.2 Å². The maximum Gasteiger partial charge on any atom is 0.159 e. The molecule has 5 heteroatoms. The van der Waals surface area contributed by atoms with Crippen LogP contribution in [0.4, 0.5) is 5.82 Å². The molecule has 0 unspecified atom stereocenters. The lowest BCUT2D eigenvalue weighted by Crippen LogP contribution is -2.05. The summed E-state index contributed by atoms with van der Waals surface area (Å²) in [5.41, 5.74) is 0.975. The van der Waals surface area contributed by atoms with Crippen LogP contribution < -0.4 is 5.32 Å². The van der Waals surface area contributed by atoms with Crippen molar-refractivity contribution in [1.82, 2.24) is 19.7 Å². The molecule has 0 atom stereocenters. The van der Waals surface area contributed by atoms with Gasteiger partial charge in [0.25, 0.3) is 0 Å². The van der Waals surface area contributed by atoms with E-state index in [0.717, 1.165) is 29.6 Å². The van der Waals surface area contributed by atoms with Gasteiger partial charge in [0, 0.05) is 25.7 Å². The first-order chi connectivity index (χ1) is 7.72. The molecule has 0 amide bonds. The highest BCUT2D eigenvalue weighted by Crippen LogP contribution is 2.10. The molecule has 2 rings (SSSR count). The quantitative estimate of drug-likeness (QED) is 0.848. The van der Waals surface area contributed by atoms with Crippen LogP contribution in [0.1, 0.15) is 18.4 Å². The topological polar surface area (TPSA) is 55.6 Å². The lowest BCUT2D eigenvalue weighted by molar-refractivity contribution is 0.804. The van der Waals surface area contributed by atoms with Gasteiger partial charge in [0.2, 0.25) is 0 Å². The van der Waals surface area contributed by atoms with Crippen LogP contribution in [0.5, 0.6) is 0 Å². The third-order valence-corrected chi connectivity index (χ3v) is 2.29. The lowest BCUT2D eigenvalue weighted by atomic mass is 10.4. The molecule has 0 aliphatic carbocycles.